The maximum Gasteiger partial charge on any atom is 0.273 e. The molecule has 5 N–H and O–H groups in total. The summed E-state index contributed by atoms with van der Waals surface area (Å²) in [6.07, 6.45) is 1.57. The lowest BCUT2D eigenvalue weighted by molar-refractivity contribution is -0.384. The number of nitro benzene ring substituents is 1. The number of nitro groups is 1. The number of hydrazine groups is 1. The largest absolute Gasteiger partial charge is 0.373 e. The number of nitrogens with two attached hydrogens (primary N) is 1. The summed E-state index contributed by atoms with van der Waals surface area (Å²) < 4.78 is 0. The fraction of sp³-hybridized carbons (Fsp3) is 0.364. The molecule has 0 spiro atoms. The Bertz CT molecular complexity index is 505. The van der Waals surface area contributed by atoms with Gasteiger partial charge in [0.1, 0.15) is 6.04 Å². The molecule has 1 heterocycles. The van der Waals surface area contributed by atoms with E-state index in [0.29, 0.717) is 24.3 Å². The fourth-order valence-electron chi connectivity index (χ4n) is 1.99. The van der Waals surface area contributed by atoms with Crippen LogP contribution >= 0.6 is 0 Å². The highest BCUT2D eigenvalue weighted by Gasteiger charge is 2.22. The van der Waals surface area contributed by atoms with Crippen molar-refractivity contribution in [3.05, 3.63) is 28.3 Å². The minimum absolute atomic E-state index is 0.0887. The van der Waals surface area contributed by atoms with Gasteiger partial charge in [0, 0.05) is 24.4 Å². The van der Waals surface area contributed by atoms with E-state index in [1.807, 2.05) is 0 Å². The number of non-ortho nitro benzene ring substituents is 1. The van der Waals surface area contributed by atoms with Crippen molar-refractivity contribution < 1.29 is 9.72 Å². The van der Waals surface area contributed by atoms with Gasteiger partial charge < -0.3 is 16.1 Å². The van der Waals surface area contributed by atoms with E-state index >= 15 is 0 Å². The molecule has 0 bridgehead atoms. The van der Waals surface area contributed by atoms with Gasteiger partial charge in [-0.2, -0.15) is 0 Å². The van der Waals surface area contributed by atoms with Gasteiger partial charge in [0.2, 0.25) is 5.91 Å². The average molecular weight is 265 g/mol. The van der Waals surface area contributed by atoms with E-state index in [0.717, 1.165) is 6.42 Å². The maximum absolute atomic E-state index is 11.6. The lowest BCUT2D eigenvalue weighted by Crippen LogP contribution is -2.44. The zero-order chi connectivity index (χ0) is 13.8. The van der Waals surface area contributed by atoms with E-state index in [9.17, 15) is 14.9 Å². The molecule has 1 saturated heterocycles. The Labute approximate surface area is 109 Å². The Balaban J connectivity index is 2.21. The Morgan fingerprint density at radius 3 is 2.74 bits per heavy atom. The number of carbonyl (C=O) groups excluding carboxylic acids is 1. The minimum Gasteiger partial charge on any atom is -0.373 e. The molecular formula is C11H15N5O3. The lowest BCUT2D eigenvalue weighted by atomic mass is 10.1. The van der Waals surface area contributed by atoms with Crippen LogP contribution in [0.25, 0.3) is 0 Å². The number of anilines is 2. The molecule has 1 unspecified atom stereocenters. The number of hydrogen-bond donors (Lipinski definition) is 4. The van der Waals surface area contributed by atoms with E-state index in [1.165, 1.54) is 12.1 Å². The van der Waals surface area contributed by atoms with Crippen molar-refractivity contribution in [1.82, 2.24) is 5.32 Å². The van der Waals surface area contributed by atoms with Crippen LogP contribution in [0.4, 0.5) is 17.1 Å². The topological polar surface area (TPSA) is 122 Å². The van der Waals surface area contributed by atoms with Gasteiger partial charge in [-0.05, 0) is 18.9 Å². The van der Waals surface area contributed by atoms with Crippen molar-refractivity contribution >= 4 is 23.0 Å². The van der Waals surface area contributed by atoms with Crippen molar-refractivity contribution in [1.29, 1.82) is 0 Å². The van der Waals surface area contributed by atoms with Crippen LogP contribution in [0.1, 0.15) is 12.8 Å². The number of piperidine rings is 1. The summed E-state index contributed by atoms with van der Waals surface area (Å²) >= 11 is 0. The molecule has 1 atom stereocenters. The Hall–Kier alpha value is -2.35. The highest BCUT2D eigenvalue weighted by Crippen LogP contribution is 2.25. The summed E-state index contributed by atoms with van der Waals surface area (Å²) in [4.78, 5) is 21.9. The first-order valence-corrected chi connectivity index (χ1v) is 5.90. The molecule has 1 aliphatic heterocycles. The molecule has 1 fully saturated rings. The van der Waals surface area contributed by atoms with Crippen LogP contribution in [0.15, 0.2) is 18.2 Å². The number of hydrogen-bond acceptors (Lipinski definition) is 6. The predicted octanol–water partition coefficient (Wildman–Crippen LogP) is 0.571. The Kier molecular flexibility index (Phi) is 3.81. The van der Waals surface area contributed by atoms with E-state index in [2.05, 4.69) is 16.1 Å². The van der Waals surface area contributed by atoms with Crippen LogP contribution in [0.3, 0.4) is 0 Å². The minimum atomic E-state index is -0.507. The van der Waals surface area contributed by atoms with Gasteiger partial charge in [-0.25, -0.2) is 0 Å². The van der Waals surface area contributed by atoms with Crippen LogP contribution in [0.2, 0.25) is 0 Å². The third kappa shape index (κ3) is 3.10. The molecule has 0 radical (unpaired) electrons. The Morgan fingerprint density at radius 1 is 1.37 bits per heavy atom. The zero-order valence-corrected chi connectivity index (χ0v) is 10.2. The highest BCUT2D eigenvalue weighted by atomic mass is 16.6. The van der Waals surface area contributed by atoms with Gasteiger partial charge in [0.25, 0.3) is 5.69 Å². The van der Waals surface area contributed by atoms with Gasteiger partial charge in [0.15, 0.2) is 0 Å². The second-order valence-electron chi connectivity index (χ2n) is 4.30. The second-order valence-corrected chi connectivity index (χ2v) is 4.30. The average Bonchev–Trinajstić information content (AvgIpc) is 2.41. The zero-order valence-electron chi connectivity index (χ0n) is 10.2. The summed E-state index contributed by atoms with van der Waals surface area (Å²) in [5.74, 6) is 5.17. The van der Waals surface area contributed by atoms with Crippen molar-refractivity contribution in [3.63, 3.8) is 0 Å². The fourth-order valence-corrected chi connectivity index (χ4v) is 1.99. The smallest absolute Gasteiger partial charge is 0.273 e. The van der Waals surface area contributed by atoms with Gasteiger partial charge in [-0.1, -0.05) is 0 Å². The molecule has 0 saturated carbocycles. The molecule has 1 aromatic rings. The van der Waals surface area contributed by atoms with Crippen LogP contribution in [-0.4, -0.2) is 23.4 Å². The molecular weight excluding hydrogens is 250 g/mol. The lowest BCUT2D eigenvalue weighted by Gasteiger charge is -2.23. The number of rotatable bonds is 4. The molecule has 1 aliphatic rings. The molecule has 102 valence electrons. The molecule has 19 heavy (non-hydrogen) atoms. The summed E-state index contributed by atoms with van der Waals surface area (Å²) in [5.41, 5.74) is 3.18. The van der Waals surface area contributed by atoms with E-state index in [-0.39, 0.29) is 17.6 Å². The van der Waals surface area contributed by atoms with E-state index in [4.69, 9.17) is 5.84 Å². The maximum atomic E-state index is 11.6. The molecule has 1 amide bonds. The van der Waals surface area contributed by atoms with E-state index < -0.39 is 4.92 Å². The van der Waals surface area contributed by atoms with Crippen molar-refractivity contribution in [2.24, 2.45) is 5.84 Å². The molecule has 0 aliphatic carbocycles. The van der Waals surface area contributed by atoms with Crippen LogP contribution in [0.5, 0.6) is 0 Å². The number of nitrogen functional groups attached to an aromatic ring is 1. The molecule has 8 heteroatoms. The SMILES string of the molecule is NNc1cc(NC2CCCNC2=O)cc([N+](=O)[O-])c1. The number of amides is 1. The number of nitrogens with zero attached hydrogens (tertiary/aromatic N) is 1. The van der Waals surface area contributed by atoms with Crippen molar-refractivity contribution in [2.75, 3.05) is 17.3 Å². The Morgan fingerprint density at radius 2 is 2.11 bits per heavy atom. The predicted molar refractivity (Wildman–Crippen MR) is 70.6 cm³/mol. The summed E-state index contributed by atoms with van der Waals surface area (Å²) in [5, 5.41) is 16.5. The first-order valence-electron chi connectivity index (χ1n) is 5.90. The van der Waals surface area contributed by atoms with Crippen LogP contribution in [-0.2, 0) is 4.79 Å². The number of nitrogens with one attached hydrogen (secondary N) is 3. The number of benzene rings is 1. The molecule has 1 aromatic carbocycles. The summed E-state index contributed by atoms with van der Waals surface area (Å²) in [7, 11) is 0. The van der Waals surface area contributed by atoms with Crippen molar-refractivity contribution in [2.45, 2.75) is 18.9 Å². The van der Waals surface area contributed by atoms with E-state index in [1.54, 1.807) is 6.07 Å². The third-order valence-electron chi connectivity index (χ3n) is 2.92. The monoisotopic (exact) mass is 265 g/mol. The summed E-state index contributed by atoms with van der Waals surface area (Å²) in [6.45, 7) is 0.668. The summed E-state index contributed by atoms with van der Waals surface area (Å²) in [6, 6.07) is 3.95. The second kappa shape index (κ2) is 5.53. The van der Waals surface area contributed by atoms with Gasteiger partial charge in [0.05, 0.1) is 10.6 Å². The van der Waals surface area contributed by atoms with Gasteiger partial charge in [-0.15, -0.1) is 0 Å². The first-order chi connectivity index (χ1) is 9.10. The molecule has 8 nitrogen and oxygen atoms in total. The van der Waals surface area contributed by atoms with Gasteiger partial charge >= 0.3 is 0 Å². The molecule has 2 rings (SSSR count). The van der Waals surface area contributed by atoms with Gasteiger partial charge in [-0.3, -0.25) is 20.8 Å². The highest BCUT2D eigenvalue weighted by molar-refractivity contribution is 5.85. The normalized spacial score (nSPS) is 18.6. The molecule has 0 aromatic heterocycles. The quantitative estimate of drug-likeness (QED) is 0.358. The number of carbonyl (C=O) groups is 1. The van der Waals surface area contributed by atoms with Crippen LogP contribution < -0.4 is 21.9 Å². The van der Waals surface area contributed by atoms with Crippen molar-refractivity contribution in [3.8, 4) is 0 Å². The first kappa shape index (κ1) is 13.1. The standard InChI is InChI=1S/C11H15N5O3/c12-15-8-4-7(5-9(6-8)16(18)19)14-10-2-1-3-13-11(10)17/h4-6,10,14-15H,1-3,12H2,(H,13,17). The van der Waals surface area contributed by atoms with Crippen LogP contribution in [0, 0.1) is 10.1 Å². The third-order valence-corrected chi connectivity index (χ3v) is 2.92.